The van der Waals surface area contributed by atoms with Crippen molar-refractivity contribution >= 4 is 50.7 Å². The van der Waals surface area contributed by atoms with Crippen LogP contribution >= 0.6 is 22.9 Å². The van der Waals surface area contributed by atoms with E-state index >= 15 is 0 Å². The first kappa shape index (κ1) is 19.6. The maximum Gasteiger partial charge on any atom is 0.272 e. The third-order valence-corrected chi connectivity index (χ3v) is 5.72. The number of nitriles is 1. The Bertz CT molecular complexity index is 1370. The number of benzene rings is 1. The van der Waals surface area contributed by atoms with Crippen molar-refractivity contribution in [1.29, 1.82) is 5.26 Å². The lowest BCUT2D eigenvalue weighted by molar-refractivity contribution is 0.100. The van der Waals surface area contributed by atoms with E-state index in [4.69, 9.17) is 22.6 Å². The van der Waals surface area contributed by atoms with Crippen molar-refractivity contribution in [1.82, 2.24) is 9.55 Å². The topological polar surface area (TPSA) is 114 Å². The summed E-state index contributed by atoms with van der Waals surface area (Å²) in [5, 5.41) is 14.2. The zero-order chi connectivity index (χ0) is 21.4. The van der Waals surface area contributed by atoms with E-state index in [1.165, 1.54) is 17.4 Å². The average Bonchev–Trinajstić information content (AvgIpc) is 3.31. The van der Waals surface area contributed by atoms with E-state index in [-0.39, 0.29) is 16.8 Å². The van der Waals surface area contributed by atoms with Gasteiger partial charge in [-0.05, 0) is 54.3 Å². The van der Waals surface area contributed by atoms with Crippen molar-refractivity contribution in [2.45, 2.75) is 6.92 Å². The third kappa shape index (κ3) is 3.30. The molecule has 0 fully saturated rings. The summed E-state index contributed by atoms with van der Waals surface area (Å²) in [5.41, 5.74) is 7.72. The number of carbonyl (C=O) groups excluding carboxylic acids is 2. The van der Waals surface area contributed by atoms with Crippen LogP contribution in [0.4, 0.5) is 5.69 Å². The molecule has 7 nitrogen and oxygen atoms in total. The number of nitrogens with one attached hydrogen (secondary N) is 1. The minimum Gasteiger partial charge on any atom is -0.366 e. The quantitative estimate of drug-likeness (QED) is 0.498. The molecule has 0 unspecified atom stereocenters. The second-order valence-electron chi connectivity index (χ2n) is 6.49. The number of hydrogen-bond acceptors (Lipinski definition) is 5. The molecule has 148 valence electrons. The number of aromatic nitrogens is 2. The molecule has 0 atom stereocenters. The van der Waals surface area contributed by atoms with Crippen molar-refractivity contribution in [2.24, 2.45) is 5.73 Å². The van der Waals surface area contributed by atoms with E-state index in [9.17, 15) is 9.59 Å². The molecule has 0 bridgehead atoms. The fraction of sp³-hybridized carbons (Fsp3) is 0.0476. The summed E-state index contributed by atoms with van der Waals surface area (Å²) >= 11 is 7.82. The van der Waals surface area contributed by atoms with Crippen LogP contribution in [0, 0.1) is 18.3 Å². The van der Waals surface area contributed by atoms with Crippen LogP contribution in [-0.2, 0) is 0 Å². The molecule has 9 heteroatoms. The maximum absolute atomic E-state index is 13.3. The Hall–Kier alpha value is -3.67. The van der Waals surface area contributed by atoms with E-state index in [1.54, 1.807) is 42.0 Å². The van der Waals surface area contributed by atoms with Gasteiger partial charge in [0.15, 0.2) is 5.82 Å². The zero-order valence-electron chi connectivity index (χ0n) is 15.6. The number of nitrogens with zero attached hydrogens (tertiary/aromatic N) is 3. The second kappa shape index (κ2) is 7.63. The average molecular weight is 436 g/mol. The second-order valence-corrected chi connectivity index (χ2v) is 7.84. The zero-order valence-corrected chi connectivity index (χ0v) is 17.2. The monoisotopic (exact) mass is 435 g/mol. The van der Waals surface area contributed by atoms with Crippen LogP contribution < -0.4 is 11.1 Å². The number of carbonyl (C=O) groups is 2. The lowest BCUT2D eigenvalue weighted by Gasteiger charge is -2.15. The van der Waals surface area contributed by atoms with Crippen LogP contribution in [0.5, 0.6) is 0 Å². The first-order chi connectivity index (χ1) is 14.4. The van der Waals surface area contributed by atoms with Crippen LogP contribution in [0.3, 0.4) is 0 Å². The van der Waals surface area contributed by atoms with Crippen molar-refractivity contribution < 1.29 is 9.59 Å². The number of fused-ring (bicyclic) bond motifs is 1. The molecular weight excluding hydrogens is 422 g/mol. The highest BCUT2D eigenvalue weighted by molar-refractivity contribution is 7.17. The van der Waals surface area contributed by atoms with Crippen molar-refractivity contribution in [3.63, 3.8) is 0 Å². The first-order valence-corrected chi connectivity index (χ1v) is 10.0. The number of aryl methyl sites for hydroxylation is 1. The number of primary amides is 1. The van der Waals surface area contributed by atoms with Gasteiger partial charge in [0, 0.05) is 6.20 Å². The van der Waals surface area contributed by atoms with Crippen molar-refractivity contribution in [2.75, 3.05) is 5.32 Å². The molecule has 0 spiro atoms. The predicted molar refractivity (Wildman–Crippen MR) is 116 cm³/mol. The van der Waals surface area contributed by atoms with Gasteiger partial charge in [-0.25, -0.2) is 4.98 Å². The minimum absolute atomic E-state index is 0.0655. The molecule has 0 radical (unpaired) electrons. The molecule has 4 aromatic rings. The summed E-state index contributed by atoms with van der Waals surface area (Å²) in [6, 6.07) is 11.9. The Morgan fingerprint density at radius 2 is 2.10 bits per heavy atom. The van der Waals surface area contributed by atoms with Crippen LogP contribution in [0.15, 0.2) is 48.0 Å². The molecule has 0 aliphatic carbocycles. The molecule has 3 N–H and O–H groups in total. The van der Waals surface area contributed by atoms with E-state index in [1.807, 2.05) is 17.5 Å². The van der Waals surface area contributed by atoms with E-state index in [0.717, 1.165) is 10.2 Å². The highest BCUT2D eigenvalue weighted by Gasteiger charge is 2.22. The molecule has 30 heavy (non-hydrogen) atoms. The summed E-state index contributed by atoms with van der Waals surface area (Å²) in [6.45, 7) is 1.69. The van der Waals surface area contributed by atoms with Gasteiger partial charge >= 0.3 is 0 Å². The Morgan fingerprint density at radius 1 is 1.30 bits per heavy atom. The Balaban J connectivity index is 1.84. The van der Waals surface area contributed by atoms with Crippen LogP contribution in [0.1, 0.15) is 32.0 Å². The number of anilines is 1. The fourth-order valence-corrected chi connectivity index (χ4v) is 4.26. The van der Waals surface area contributed by atoms with Crippen molar-refractivity contribution in [3.05, 3.63) is 75.4 Å². The standard InChI is InChI=1S/C21H14ClN5O2S/c1-11-7-12(10-23)8-13(19(24)28)18(11)26-21(29)16-9-17-15(4-6-30-17)27(16)20-14(22)3-2-5-25-20/h2-9H,1H3,(H2,24,28)(H,26,29). The highest BCUT2D eigenvalue weighted by Crippen LogP contribution is 2.31. The number of pyridine rings is 1. The van der Waals surface area contributed by atoms with Gasteiger partial charge in [0.25, 0.3) is 11.8 Å². The highest BCUT2D eigenvalue weighted by atomic mass is 35.5. The van der Waals surface area contributed by atoms with Crippen LogP contribution in [0.2, 0.25) is 5.02 Å². The van der Waals surface area contributed by atoms with Gasteiger partial charge in [0.1, 0.15) is 5.69 Å². The summed E-state index contributed by atoms with van der Waals surface area (Å²) in [4.78, 5) is 29.5. The van der Waals surface area contributed by atoms with Crippen molar-refractivity contribution in [3.8, 4) is 11.9 Å². The molecule has 0 aliphatic rings. The van der Waals surface area contributed by atoms with E-state index in [2.05, 4.69) is 10.3 Å². The minimum atomic E-state index is -0.741. The summed E-state index contributed by atoms with van der Waals surface area (Å²) in [5.74, 6) is -0.783. The predicted octanol–water partition coefficient (Wildman–Crippen LogP) is 4.27. The number of hydrogen-bond donors (Lipinski definition) is 2. The van der Waals surface area contributed by atoms with Gasteiger partial charge in [-0.1, -0.05) is 11.6 Å². The number of rotatable bonds is 4. The normalized spacial score (nSPS) is 10.7. The molecule has 0 saturated heterocycles. The number of halogens is 1. The largest absolute Gasteiger partial charge is 0.366 e. The molecule has 0 aliphatic heterocycles. The van der Waals surface area contributed by atoms with Gasteiger partial charge < -0.3 is 11.1 Å². The van der Waals surface area contributed by atoms with Gasteiger partial charge in [-0.3, -0.25) is 14.2 Å². The molecule has 3 heterocycles. The van der Waals surface area contributed by atoms with Gasteiger partial charge in [0.05, 0.1) is 38.1 Å². The maximum atomic E-state index is 13.3. The Labute approximate surface area is 180 Å². The SMILES string of the molecule is Cc1cc(C#N)cc(C(N)=O)c1NC(=O)c1cc2sccc2n1-c1ncccc1Cl. The molecule has 1 aromatic carbocycles. The lowest BCUT2D eigenvalue weighted by atomic mass is 10.0. The molecule has 4 rings (SSSR count). The Kier molecular flexibility index (Phi) is 4.99. The van der Waals surface area contributed by atoms with E-state index in [0.29, 0.717) is 22.1 Å². The van der Waals surface area contributed by atoms with Gasteiger partial charge in [0.2, 0.25) is 0 Å². The van der Waals surface area contributed by atoms with Gasteiger partial charge in [-0.2, -0.15) is 5.26 Å². The lowest BCUT2D eigenvalue weighted by Crippen LogP contribution is -2.21. The summed E-state index contributed by atoms with van der Waals surface area (Å²) in [7, 11) is 0. The third-order valence-electron chi connectivity index (χ3n) is 4.58. The fourth-order valence-electron chi connectivity index (χ4n) is 3.25. The van der Waals surface area contributed by atoms with Crippen LogP contribution in [-0.4, -0.2) is 21.4 Å². The number of thiophene rings is 1. The van der Waals surface area contributed by atoms with E-state index < -0.39 is 11.8 Å². The first-order valence-electron chi connectivity index (χ1n) is 8.76. The van der Waals surface area contributed by atoms with Crippen LogP contribution in [0.25, 0.3) is 16.0 Å². The molecule has 0 saturated carbocycles. The Morgan fingerprint density at radius 3 is 2.80 bits per heavy atom. The molecular formula is C21H14ClN5O2S. The van der Waals surface area contributed by atoms with Gasteiger partial charge in [-0.15, -0.1) is 11.3 Å². The number of nitrogens with two attached hydrogens (primary N) is 1. The summed E-state index contributed by atoms with van der Waals surface area (Å²) in [6.07, 6.45) is 1.59. The molecule has 2 amide bonds. The smallest absolute Gasteiger partial charge is 0.272 e. The number of amides is 2. The summed E-state index contributed by atoms with van der Waals surface area (Å²) < 4.78 is 2.56. The molecule has 3 aromatic heterocycles.